The zero-order chi connectivity index (χ0) is 17.4. The lowest BCUT2D eigenvalue weighted by Crippen LogP contribution is -2.18. The number of hydrogen-bond donors (Lipinski definition) is 1. The van der Waals surface area contributed by atoms with Crippen LogP contribution in [0.1, 0.15) is 41.4 Å². The molecule has 5 nitrogen and oxygen atoms in total. The van der Waals surface area contributed by atoms with Crippen LogP contribution in [0.25, 0.3) is 5.82 Å². The minimum absolute atomic E-state index is 0.0632. The second-order valence-electron chi connectivity index (χ2n) is 6.55. The molecular weight excluding hydrogens is 317 g/mol. The van der Waals surface area contributed by atoms with Crippen molar-refractivity contribution in [2.24, 2.45) is 0 Å². The number of aryl methyl sites for hydroxylation is 3. The van der Waals surface area contributed by atoms with Crippen LogP contribution in [0.2, 0.25) is 0 Å². The monoisotopic (exact) mass is 337 g/mol. The number of anilines is 1. The average Bonchev–Trinajstić information content (AvgIpc) is 2.94. The summed E-state index contributed by atoms with van der Waals surface area (Å²) in [5.74, 6) is 1.18. The van der Waals surface area contributed by atoms with E-state index in [1.54, 1.807) is 10.7 Å². The summed E-state index contributed by atoms with van der Waals surface area (Å²) in [6.07, 6.45) is 3.03. The predicted molar refractivity (Wildman–Crippen MR) is 94.3 cm³/mol. The van der Waals surface area contributed by atoms with E-state index in [1.165, 1.54) is 11.6 Å². The third-order valence-corrected chi connectivity index (χ3v) is 4.62. The summed E-state index contributed by atoms with van der Waals surface area (Å²) in [6, 6.07) is 10.9. The number of fused-ring (bicyclic) bond motifs is 1. The SMILES string of the molecule is Cc1cc(C)n(-c2ccc(NC3CCCc4ccc(F)cc43)nn2)n1. The van der Waals surface area contributed by atoms with Gasteiger partial charge in [-0.1, -0.05) is 6.07 Å². The van der Waals surface area contributed by atoms with Crippen molar-refractivity contribution < 1.29 is 4.39 Å². The molecule has 1 aliphatic rings. The fraction of sp³-hybridized carbons (Fsp3) is 0.316. The molecule has 0 aliphatic heterocycles. The summed E-state index contributed by atoms with van der Waals surface area (Å²) in [6.45, 7) is 3.94. The summed E-state index contributed by atoms with van der Waals surface area (Å²) >= 11 is 0. The zero-order valence-electron chi connectivity index (χ0n) is 14.3. The highest BCUT2D eigenvalue weighted by Gasteiger charge is 2.21. The van der Waals surface area contributed by atoms with E-state index in [2.05, 4.69) is 20.6 Å². The lowest BCUT2D eigenvalue weighted by Gasteiger charge is -2.26. The van der Waals surface area contributed by atoms with Crippen LogP contribution in [0.15, 0.2) is 36.4 Å². The van der Waals surface area contributed by atoms with Crippen LogP contribution >= 0.6 is 0 Å². The highest BCUT2D eigenvalue weighted by molar-refractivity contribution is 5.43. The van der Waals surface area contributed by atoms with Gasteiger partial charge in [-0.3, -0.25) is 0 Å². The Kier molecular flexibility index (Phi) is 3.95. The molecule has 1 aromatic carbocycles. The minimum Gasteiger partial charge on any atom is -0.362 e. The van der Waals surface area contributed by atoms with Crippen molar-refractivity contribution in [2.45, 2.75) is 39.2 Å². The molecule has 1 unspecified atom stereocenters. The molecule has 0 fully saturated rings. The molecule has 0 radical (unpaired) electrons. The number of nitrogens with zero attached hydrogens (tertiary/aromatic N) is 4. The summed E-state index contributed by atoms with van der Waals surface area (Å²) in [7, 11) is 0. The van der Waals surface area contributed by atoms with Gasteiger partial charge in [-0.25, -0.2) is 9.07 Å². The maximum Gasteiger partial charge on any atom is 0.176 e. The van der Waals surface area contributed by atoms with Crippen LogP contribution in [0.4, 0.5) is 10.2 Å². The van der Waals surface area contributed by atoms with Gasteiger partial charge in [0, 0.05) is 5.69 Å². The highest BCUT2D eigenvalue weighted by Crippen LogP contribution is 2.32. The third kappa shape index (κ3) is 3.12. The number of hydrogen-bond acceptors (Lipinski definition) is 4. The lowest BCUT2D eigenvalue weighted by molar-refractivity contribution is 0.578. The highest BCUT2D eigenvalue weighted by atomic mass is 19.1. The van der Waals surface area contributed by atoms with E-state index in [9.17, 15) is 4.39 Å². The molecule has 4 rings (SSSR count). The Morgan fingerprint density at radius 3 is 2.72 bits per heavy atom. The number of halogens is 1. The van der Waals surface area contributed by atoms with E-state index in [4.69, 9.17) is 0 Å². The molecule has 128 valence electrons. The topological polar surface area (TPSA) is 55.6 Å². The molecule has 6 heteroatoms. The van der Waals surface area contributed by atoms with E-state index in [0.29, 0.717) is 11.6 Å². The van der Waals surface area contributed by atoms with Crippen LogP contribution in [-0.2, 0) is 6.42 Å². The van der Waals surface area contributed by atoms with Crippen molar-refractivity contribution in [2.75, 3.05) is 5.32 Å². The van der Waals surface area contributed by atoms with Crippen LogP contribution in [0.5, 0.6) is 0 Å². The van der Waals surface area contributed by atoms with Crippen LogP contribution in [0, 0.1) is 19.7 Å². The van der Waals surface area contributed by atoms with Crippen molar-refractivity contribution in [1.82, 2.24) is 20.0 Å². The Hall–Kier alpha value is -2.76. The van der Waals surface area contributed by atoms with Gasteiger partial charge in [0.1, 0.15) is 11.6 Å². The first kappa shape index (κ1) is 15.7. The van der Waals surface area contributed by atoms with Gasteiger partial charge >= 0.3 is 0 Å². The zero-order valence-corrected chi connectivity index (χ0v) is 14.3. The van der Waals surface area contributed by atoms with Gasteiger partial charge < -0.3 is 5.32 Å². The van der Waals surface area contributed by atoms with Gasteiger partial charge in [-0.05, 0) is 74.6 Å². The molecule has 2 heterocycles. The second kappa shape index (κ2) is 6.27. The van der Waals surface area contributed by atoms with Crippen molar-refractivity contribution in [1.29, 1.82) is 0 Å². The Morgan fingerprint density at radius 2 is 2.00 bits per heavy atom. The van der Waals surface area contributed by atoms with Gasteiger partial charge in [-0.2, -0.15) is 5.10 Å². The van der Waals surface area contributed by atoms with Gasteiger partial charge in [0.2, 0.25) is 0 Å². The molecule has 0 bridgehead atoms. The quantitative estimate of drug-likeness (QED) is 0.787. The summed E-state index contributed by atoms with van der Waals surface area (Å²) in [5, 5.41) is 16.4. The van der Waals surface area contributed by atoms with Gasteiger partial charge in [0.25, 0.3) is 0 Å². The van der Waals surface area contributed by atoms with Crippen molar-refractivity contribution in [3.8, 4) is 5.82 Å². The lowest BCUT2D eigenvalue weighted by atomic mass is 9.87. The Bertz CT molecular complexity index is 901. The standard InChI is InChI=1S/C19H20FN5/c1-12-10-13(2)25(24-12)19-9-8-18(22-23-19)21-17-5-3-4-14-6-7-15(20)11-16(14)17/h6-11,17H,3-5H2,1-2H3,(H,21,22). The van der Waals surface area contributed by atoms with Gasteiger partial charge in [-0.15, -0.1) is 10.2 Å². The summed E-state index contributed by atoms with van der Waals surface area (Å²) < 4.78 is 15.4. The largest absolute Gasteiger partial charge is 0.362 e. The third-order valence-electron chi connectivity index (χ3n) is 4.62. The molecule has 0 spiro atoms. The fourth-order valence-corrected chi connectivity index (χ4v) is 3.47. The number of nitrogens with one attached hydrogen (secondary N) is 1. The second-order valence-corrected chi connectivity index (χ2v) is 6.55. The molecule has 0 saturated heterocycles. The van der Waals surface area contributed by atoms with Crippen molar-refractivity contribution >= 4 is 5.82 Å². The summed E-state index contributed by atoms with van der Waals surface area (Å²) in [4.78, 5) is 0. The van der Waals surface area contributed by atoms with Crippen LogP contribution in [0.3, 0.4) is 0 Å². The number of benzene rings is 1. The van der Waals surface area contributed by atoms with E-state index >= 15 is 0 Å². The molecular formula is C19H20FN5. The predicted octanol–water partition coefficient (Wildman–Crippen LogP) is 3.91. The number of rotatable bonds is 3. The van der Waals surface area contributed by atoms with E-state index in [-0.39, 0.29) is 11.9 Å². The van der Waals surface area contributed by atoms with Crippen molar-refractivity contribution in [3.05, 3.63) is 64.7 Å². The van der Waals surface area contributed by atoms with E-state index in [0.717, 1.165) is 36.2 Å². The molecule has 0 saturated carbocycles. The van der Waals surface area contributed by atoms with Crippen molar-refractivity contribution in [3.63, 3.8) is 0 Å². The maximum absolute atomic E-state index is 13.6. The van der Waals surface area contributed by atoms with Gasteiger partial charge in [0.05, 0.1) is 11.7 Å². The molecule has 0 amide bonds. The number of aromatic nitrogens is 4. The minimum atomic E-state index is -0.196. The average molecular weight is 337 g/mol. The van der Waals surface area contributed by atoms with Gasteiger partial charge in [0.15, 0.2) is 5.82 Å². The Balaban J connectivity index is 1.57. The first-order valence-corrected chi connectivity index (χ1v) is 8.52. The molecule has 1 atom stereocenters. The van der Waals surface area contributed by atoms with Crippen LogP contribution < -0.4 is 5.32 Å². The Labute approximate surface area is 145 Å². The molecule has 25 heavy (non-hydrogen) atoms. The molecule has 3 aromatic rings. The first-order valence-electron chi connectivity index (χ1n) is 8.52. The summed E-state index contributed by atoms with van der Waals surface area (Å²) in [5.41, 5.74) is 4.19. The normalized spacial score (nSPS) is 16.5. The van der Waals surface area contributed by atoms with Crippen LogP contribution in [-0.4, -0.2) is 20.0 Å². The van der Waals surface area contributed by atoms with E-state index in [1.807, 2.05) is 38.1 Å². The smallest absolute Gasteiger partial charge is 0.176 e. The Morgan fingerprint density at radius 1 is 1.12 bits per heavy atom. The molecule has 1 aliphatic carbocycles. The molecule has 1 N–H and O–H groups in total. The fourth-order valence-electron chi connectivity index (χ4n) is 3.47. The maximum atomic E-state index is 13.6. The van der Waals surface area contributed by atoms with E-state index < -0.39 is 0 Å². The molecule has 2 aromatic heterocycles. The first-order chi connectivity index (χ1) is 12.1.